The fourth-order valence-corrected chi connectivity index (χ4v) is 4.37. The van der Waals surface area contributed by atoms with E-state index in [1.807, 2.05) is 17.2 Å². The Morgan fingerprint density at radius 3 is 2.65 bits per heavy atom. The minimum atomic E-state index is -0.149. The van der Waals surface area contributed by atoms with Crippen molar-refractivity contribution in [1.82, 2.24) is 14.9 Å². The van der Waals surface area contributed by atoms with Gasteiger partial charge in [0.25, 0.3) is 5.91 Å². The lowest BCUT2D eigenvalue weighted by Crippen LogP contribution is -2.35. The zero-order chi connectivity index (χ0) is 16.4. The van der Waals surface area contributed by atoms with Crippen LogP contribution in [-0.2, 0) is 4.79 Å². The van der Waals surface area contributed by atoms with Gasteiger partial charge in [-0.3, -0.25) is 9.59 Å². The summed E-state index contributed by atoms with van der Waals surface area (Å²) in [5.41, 5.74) is 1.56. The quantitative estimate of drug-likeness (QED) is 0.922. The summed E-state index contributed by atoms with van der Waals surface area (Å²) in [7, 11) is 0. The number of aryl methyl sites for hydroxylation is 1. The normalized spacial score (nSPS) is 14.8. The van der Waals surface area contributed by atoms with E-state index in [1.54, 1.807) is 0 Å². The molecule has 0 aromatic carbocycles. The summed E-state index contributed by atoms with van der Waals surface area (Å²) in [6.07, 6.45) is 3.33. The molecule has 0 unspecified atom stereocenters. The largest absolute Gasteiger partial charge is 0.337 e. The molecule has 0 radical (unpaired) electrons. The fourth-order valence-electron chi connectivity index (χ4n) is 2.55. The highest BCUT2D eigenvalue weighted by molar-refractivity contribution is 7.19. The monoisotopic (exact) mass is 350 g/mol. The molecule has 1 N–H and O–H groups in total. The minimum absolute atomic E-state index is 0.0187. The van der Waals surface area contributed by atoms with Gasteiger partial charge in [-0.05, 0) is 26.2 Å². The van der Waals surface area contributed by atoms with Crippen LogP contribution in [0.5, 0.6) is 0 Å². The van der Waals surface area contributed by atoms with Crippen molar-refractivity contribution in [2.75, 3.05) is 18.4 Å². The van der Waals surface area contributed by atoms with Gasteiger partial charge in [0.1, 0.15) is 0 Å². The second-order valence-corrected chi connectivity index (χ2v) is 7.36. The van der Waals surface area contributed by atoms with Crippen LogP contribution < -0.4 is 5.32 Å². The Kier molecular flexibility index (Phi) is 4.72. The van der Waals surface area contributed by atoms with Gasteiger partial charge in [0.05, 0.1) is 16.3 Å². The van der Waals surface area contributed by atoms with E-state index in [1.165, 1.54) is 36.0 Å². The van der Waals surface area contributed by atoms with Crippen LogP contribution in [0.25, 0.3) is 10.6 Å². The number of hydrogen-bond acceptors (Lipinski definition) is 6. The van der Waals surface area contributed by atoms with Crippen LogP contribution >= 0.6 is 22.7 Å². The lowest BCUT2D eigenvalue weighted by Gasteiger charge is -2.25. The lowest BCUT2D eigenvalue weighted by molar-refractivity contribution is -0.114. The molecular formula is C15H18N4O2S2. The molecule has 2 amide bonds. The van der Waals surface area contributed by atoms with E-state index in [0.717, 1.165) is 42.2 Å². The van der Waals surface area contributed by atoms with E-state index < -0.39 is 0 Å². The zero-order valence-corrected chi connectivity index (χ0v) is 14.7. The van der Waals surface area contributed by atoms with Crippen LogP contribution in [0.4, 0.5) is 5.13 Å². The summed E-state index contributed by atoms with van der Waals surface area (Å²) in [4.78, 5) is 35.2. The number of nitrogens with one attached hydrogen (secondary N) is 1. The van der Waals surface area contributed by atoms with Crippen molar-refractivity contribution in [3.05, 3.63) is 16.1 Å². The Morgan fingerprint density at radius 1 is 1.22 bits per heavy atom. The maximum atomic E-state index is 12.5. The Balaban J connectivity index is 1.80. The summed E-state index contributed by atoms with van der Waals surface area (Å²) >= 11 is 2.74. The molecule has 3 heterocycles. The van der Waals surface area contributed by atoms with E-state index in [2.05, 4.69) is 15.3 Å². The molecule has 1 fully saturated rings. The van der Waals surface area contributed by atoms with Crippen molar-refractivity contribution in [3.8, 4) is 10.6 Å². The predicted octanol–water partition coefficient (Wildman–Crippen LogP) is 3.16. The maximum absolute atomic E-state index is 12.5. The van der Waals surface area contributed by atoms with Crippen molar-refractivity contribution >= 4 is 39.6 Å². The summed E-state index contributed by atoms with van der Waals surface area (Å²) < 4.78 is 0. The van der Waals surface area contributed by atoms with E-state index >= 15 is 0 Å². The van der Waals surface area contributed by atoms with Gasteiger partial charge < -0.3 is 10.2 Å². The minimum Gasteiger partial charge on any atom is -0.337 e. The van der Waals surface area contributed by atoms with Crippen LogP contribution in [0.2, 0.25) is 0 Å². The second-order valence-electron chi connectivity index (χ2n) is 5.51. The first-order valence-corrected chi connectivity index (χ1v) is 9.24. The molecule has 1 saturated heterocycles. The lowest BCUT2D eigenvalue weighted by atomic mass is 10.1. The zero-order valence-electron chi connectivity index (χ0n) is 13.1. The Labute approximate surface area is 142 Å². The molecule has 6 nitrogen and oxygen atoms in total. The fraction of sp³-hybridized carbons (Fsp3) is 0.467. The average molecular weight is 350 g/mol. The standard InChI is InChI=1S/C15H18N4O2S2/c1-9-12(23-15(16-9)17-10(2)20)11-8-22-13(18-11)14(21)19-6-4-3-5-7-19/h8H,3-7H2,1-2H3,(H,16,17,20). The van der Waals surface area contributed by atoms with Crippen molar-refractivity contribution in [1.29, 1.82) is 0 Å². The first-order chi connectivity index (χ1) is 11.0. The SMILES string of the molecule is CC(=O)Nc1nc(C)c(-c2csc(C(=O)N3CCCCC3)n2)s1. The predicted molar refractivity (Wildman–Crippen MR) is 92.0 cm³/mol. The molecule has 8 heteroatoms. The third kappa shape index (κ3) is 3.59. The van der Waals surface area contributed by atoms with Crippen LogP contribution in [0.15, 0.2) is 5.38 Å². The van der Waals surface area contributed by atoms with Crippen molar-refractivity contribution in [3.63, 3.8) is 0 Å². The molecule has 0 atom stereocenters. The highest BCUT2D eigenvalue weighted by Crippen LogP contribution is 2.33. The van der Waals surface area contributed by atoms with Crippen molar-refractivity contribution in [2.45, 2.75) is 33.1 Å². The molecular weight excluding hydrogens is 332 g/mol. The van der Waals surface area contributed by atoms with Gasteiger partial charge in [-0.25, -0.2) is 9.97 Å². The Hall–Kier alpha value is -1.80. The van der Waals surface area contributed by atoms with E-state index in [9.17, 15) is 9.59 Å². The first-order valence-electron chi connectivity index (χ1n) is 7.55. The molecule has 122 valence electrons. The van der Waals surface area contributed by atoms with Gasteiger partial charge in [-0.2, -0.15) is 0 Å². The number of likely N-dealkylation sites (tertiary alicyclic amines) is 1. The summed E-state index contributed by atoms with van der Waals surface area (Å²) in [5, 5.41) is 5.65. The number of rotatable bonds is 3. The molecule has 2 aromatic rings. The summed E-state index contributed by atoms with van der Waals surface area (Å²) in [5.74, 6) is -0.130. The maximum Gasteiger partial charge on any atom is 0.282 e. The van der Waals surface area contributed by atoms with Gasteiger partial charge >= 0.3 is 0 Å². The van der Waals surface area contributed by atoms with Gasteiger partial charge in [-0.1, -0.05) is 11.3 Å². The van der Waals surface area contributed by atoms with E-state index in [-0.39, 0.29) is 11.8 Å². The topological polar surface area (TPSA) is 75.2 Å². The second kappa shape index (κ2) is 6.76. The van der Waals surface area contributed by atoms with Gasteiger partial charge in [0.2, 0.25) is 5.91 Å². The number of carbonyl (C=O) groups excluding carboxylic acids is 2. The molecule has 0 bridgehead atoms. The molecule has 1 aliphatic rings. The van der Waals surface area contributed by atoms with E-state index in [0.29, 0.717) is 10.1 Å². The van der Waals surface area contributed by atoms with Gasteiger partial charge in [-0.15, -0.1) is 11.3 Å². The number of anilines is 1. The molecule has 3 rings (SSSR count). The number of hydrogen-bond donors (Lipinski definition) is 1. The molecule has 0 spiro atoms. The van der Waals surface area contributed by atoms with Crippen LogP contribution in [0, 0.1) is 6.92 Å². The van der Waals surface area contributed by atoms with Gasteiger partial charge in [0, 0.05) is 25.4 Å². The number of aromatic nitrogens is 2. The number of carbonyl (C=O) groups is 2. The molecule has 0 saturated carbocycles. The molecule has 0 aliphatic carbocycles. The number of thiazole rings is 2. The van der Waals surface area contributed by atoms with Gasteiger partial charge in [0.15, 0.2) is 10.1 Å². The molecule has 2 aromatic heterocycles. The average Bonchev–Trinajstić information content (AvgIpc) is 3.13. The summed E-state index contributed by atoms with van der Waals surface area (Å²) in [6, 6.07) is 0. The Morgan fingerprint density at radius 2 is 1.96 bits per heavy atom. The van der Waals surface area contributed by atoms with Crippen molar-refractivity contribution in [2.24, 2.45) is 0 Å². The van der Waals surface area contributed by atoms with Crippen LogP contribution in [-0.4, -0.2) is 39.8 Å². The smallest absolute Gasteiger partial charge is 0.282 e. The summed E-state index contributed by atoms with van der Waals surface area (Å²) in [6.45, 7) is 4.97. The van der Waals surface area contributed by atoms with Crippen LogP contribution in [0.1, 0.15) is 41.7 Å². The number of piperidine rings is 1. The number of nitrogens with zero attached hydrogens (tertiary/aromatic N) is 3. The van der Waals surface area contributed by atoms with E-state index in [4.69, 9.17) is 0 Å². The number of amides is 2. The third-order valence-electron chi connectivity index (χ3n) is 3.64. The highest BCUT2D eigenvalue weighted by Gasteiger charge is 2.22. The highest BCUT2D eigenvalue weighted by atomic mass is 32.1. The first kappa shape index (κ1) is 16.1. The molecule has 23 heavy (non-hydrogen) atoms. The van der Waals surface area contributed by atoms with Crippen molar-refractivity contribution < 1.29 is 9.59 Å². The molecule has 1 aliphatic heterocycles. The Bertz CT molecular complexity index is 732. The van der Waals surface area contributed by atoms with Crippen LogP contribution in [0.3, 0.4) is 0 Å². The third-order valence-corrected chi connectivity index (χ3v) is 5.57.